The lowest BCUT2D eigenvalue weighted by Gasteiger charge is -2.34. The number of rotatable bonds is 20. The van der Waals surface area contributed by atoms with Gasteiger partial charge < -0.3 is 37.6 Å². The third-order valence-electron chi connectivity index (χ3n) is 6.81. The van der Waals surface area contributed by atoms with Crippen molar-refractivity contribution < 1.29 is 39.0 Å². The van der Waals surface area contributed by atoms with Crippen molar-refractivity contribution in [3.63, 3.8) is 0 Å². The van der Waals surface area contributed by atoms with E-state index >= 15 is 0 Å². The predicted octanol–water partition coefficient (Wildman–Crippen LogP) is 2.19. The van der Waals surface area contributed by atoms with Crippen LogP contribution >= 0.6 is 0 Å². The number of carbonyl (C=O) groups is 6. The zero-order valence-electron chi connectivity index (χ0n) is 25.5. The van der Waals surface area contributed by atoms with Gasteiger partial charge >= 0.3 is 11.9 Å². The normalized spacial score (nSPS) is 12.9. The van der Waals surface area contributed by atoms with Crippen LogP contribution in [-0.2, 0) is 24.0 Å². The minimum atomic E-state index is -1.24. The number of carboxylic acid groups (broad SMARTS) is 2. The molecule has 0 aliphatic heterocycles. The predicted molar refractivity (Wildman–Crippen MR) is 161 cm³/mol. The Morgan fingerprint density at radius 3 is 1.91 bits per heavy atom. The van der Waals surface area contributed by atoms with Crippen molar-refractivity contribution in [1.82, 2.24) is 16.0 Å². The molecule has 0 unspecified atom stereocenters. The summed E-state index contributed by atoms with van der Waals surface area (Å²) in [4.78, 5) is 71.9. The largest absolute Gasteiger partial charge is 0.481 e. The van der Waals surface area contributed by atoms with Crippen molar-refractivity contribution in [1.29, 1.82) is 0 Å². The van der Waals surface area contributed by atoms with E-state index in [2.05, 4.69) is 16.0 Å². The van der Waals surface area contributed by atoms with E-state index in [0.717, 1.165) is 0 Å². The molecule has 1 aromatic rings. The Balaban J connectivity index is 2.46. The van der Waals surface area contributed by atoms with Crippen molar-refractivity contribution in [2.75, 3.05) is 12.3 Å². The Hall–Kier alpha value is -4.16. The third kappa shape index (κ3) is 15.6. The van der Waals surface area contributed by atoms with Gasteiger partial charge in [-0.2, -0.15) is 0 Å². The molecule has 0 aliphatic rings. The lowest BCUT2D eigenvalue weighted by Crippen LogP contribution is -2.45. The number of benzene rings is 1. The molecule has 1 rings (SSSR count). The van der Waals surface area contributed by atoms with E-state index in [1.807, 2.05) is 13.8 Å². The smallest absolute Gasteiger partial charge is 0.326 e. The number of aliphatic carboxylic acids is 2. The van der Waals surface area contributed by atoms with Gasteiger partial charge in [0.2, 0.25) is 17.7 Å². The molecule has 0 spiro atoms. The molecule has 0 aromatic heterocycles. The minimum absolute atomic E-state index is 0.00558. The number of nitrogen functional groups attached to an aromatic ring is 1. The molecule has 9 N–H and O–H groups in total. The van der Waals surface area contributed by atoms with E-state index in [1.165, 1.54) is 0 Å². The maximum atomic E-state index is 12.6. The molecule has 13 heteroatoms. The van der Waals surface area contributed by atoms with Crippen molar-refractivity contribution in [2.45, 2.75) is 97.6 Å². The Morgan fingerprint density at radius 1 is 0.791 bits per heavy atom. The van der Waals surface area contributed by atoms with Crippen LogP contribution in [0.5, 0.6) is 0 Å². The van der Waals surface area contributed by atoms with E-state index in [-0.39, 0.29) is 44.4 Å². The van der Waals surface area contributed by atoms with Gasteiger partial charge in [-0.05, 0) is 73.6 Å². The standard InChI is InChI=1S/C30H47N5O8/c1-29(2,18-30(3,4)17-25(38)39)16-24(37)35-22(28(42)43)9-7-10-23(36)34-21(26(32)40)8-5-6-15-33-27(41)19-11-13-20(31)14-12-19/h11-14,21-22H,5-10,15-18,31H2,1-4H3,(H2,32,40)(H,33,41)(H,34,36)(H,35,37)(H,38,39)(H,42,43)/t21-,22-/m0/s1. The molecule has 0 bridgehead atoms. The van der Waals surface area contributed by atoms with Crippen molar-refractivity contribution in [2.24, 2.45) is 16.6 Å². The van der Waals surface area contributed by atoms with E-state index in [0.29, 0.717) is 37.1 Å². The maximum absolute atomic E-state index is 12.6. The van der Waals surface area contributed by atoms with Crippen LogP contribution in [0.4, 0.5) is 5.69 Å². The summed E-state index contributed by atoms with van der Waals surface area (Å²) >= 11 is 0. The second-order valence-electron chi connectivity index (χ2n) is 12.5. The highest BCUT2D eigenvalue weighted by atomic mass is 16.4. The topological polar surface area (TPSA) is 231 Å². The van der Waals surface area contributed by atoms with Crippen LogP contribution in [0.15, 0.2) is 24.3 Å². The molecule has 0 saturated carbocycles. The Labute approximate surface area is 252 Å². The van der Waals surface area contributed by atoms with Crippen molar-refractivity contribution in [3.8, 4) is 0 Å². The molecule has 0 heterocycles. The molecular weight excluding hydrogens is 558 g/mol. The van der Waals surface area contributed by atoms with Crippen LogP contribution in [0.2, 0.25) is 0 Å². The summed E-state index contributed by atoms with van der Waals surface area (Å²) in [5, 5.41) is 26.5. The number of hydrogen-bond donors (Lipinski definition) is 7. The lowest BCUT2D eigenvalue weighted by molar-refractivity contribution is -0.143. The van der Waals surface area contributed by atoms with E-state index in [4.69, 9.17) is 16.6 Å². The quantitative estimate of drug-likeness (QED) is 0.0851. The highest BCUT2D eigenvalue weighted by Gasteiger charge is 2.33. The average Bonchev–Trinajstić information content (AvgIpc) is 2.85. The maximum Gasteiger partial charge on any atom is 0.326 e. The molecule has 0 fully saturated rings. The fraction of sp³-hybridized carbons (Fsp3) is 0.600. The van der Waals surface area contributed by atoms with Crippen LogP contribution in [0, 0.1) is 10.8 Å². The Bertz CT molecular complexity index is 1130. The number of primary amides is 1. The van der Waals surface area contributed by atoms with E-state index < -0.39 is 52.6 Å². The summed E-state index contributed by atoms with van der Waals surface area (Å²) in [6, 6.07) is 4.37. The lowest BCUT2D eigenvalue weighted by atomic mass is 9.71. The number of carbonyl (C=O) groups excluding carboxylic acids is 4. The number of anilines is 1. The molecule has 1 aromatic carbocycles. The van der Waals surface area contributed by atoms with Gasteiger partial charge in [-0.3, -0.25) is 24.0 Å². The van der Waals surface area contributed by atoms with Crippen LogP contribution < -0.4 is 27.4 Å². The van der Waals surface area contributed by atoms with Gasteiger partial charge in [0.15, 0.2) is 0 Å². The molecule has 240 valence electrons. The van der Waals surface area contributed by atoms with Gasteiger partial charge in [-0.25, -0.2) is 4.79 Å². The van der Waals surface area contributed by atoms with Crippen LogP contribution in [0.1, 0.15) is 95.8 Å². The number of nitrogens with two attached hydrogens (primary N) is 2. The first kappa shape index (κ1) is 36.9. The first-order valence-electron chi connectivity index (χ1n) is 14.4. The number of amides is 4. The van der Waals surface area contributed by atoms with E-state index in [9.17, 15) is 33.9 Å². The number of unbranched alkanes of at least 4 members (excludes halogenated alkanes) is 1. The van der Waals surface area contributed by atoms with Crippen molar-refractivity contribution in [3.05, 3.63) is 29.8 Å². The zero-order chi connectivity index (χ0) is 32.8. The SMILES string of the molecule is CC(C)(CC(=O)O)CC(C)(C)CC(=O)N[C@@H](CCCC(=O)N[C@@H](CCCCNC(=O)c1ccc(N)cc1)C(N)=O)C(=O)O. The molecule has 4 amide bonds. The van der Waals surface area contributed by atoms with Gasteiger partial charge in [-0.15, -0.1) is 0 Å². The summed E-state index contributed by atoms with van der Waals surface area (Å²) < 4.78 is 0. The minimum Gasteiger partial charge on any atom is -0.481 e. The molecule has 43 heavy (non-hydrogen) atoms. The third-order valence-corrected chi connectivity index (χ3v) is 6.81. The molecule has 0 saturated heterocycles. The summed E-state index contributed by atoms with van der Waals surface area (Å²) in [7, 11) is 0. The number of hydrogen-bond acceptors (Lipinski definition) is 7. The summed E-state index contributed by atoms with van der Waals surface area (Å²) in [6.07, 6.45) is 1.78. The van der Waals surface area contributed by atoms with E-state index in [1.54, 1.807) is 38.1 Å². The Kier molecular flexibility index (Phi) is 14.6. The summed E-state index contributed by atoms with van der Waals surface area (Å²) in [5.74, 6) is -4.08. The Morgan fingerprint density at radius 2 is 1.35 bits per heavy atom. The van der Waals surface area contributed by atoms with Crippen LogP contribution in [-0.4, -0.2) is 64.4 Å². The highest BCUT2D eigenvalue weighted by molar-refractivity contribution is 5.94. The summed E-state index contributed by atoms with van der Waals surface area (Å²) in [6.45, 7) is 7.62. The van der Waals surface area contributed by atoms with Crippen molar-refractivity contribution >= 4 is 41.3 Å². The average molecular weight is 606 g/mol. The second-order valence-corrected chi connectivity index (χ2v) is 12.5. The summed E-state index contributed by atoms with van der Waals surface area (Å²) in [5.41, 5.74) is 11.0. The zero-order valence-corrected chi connectivity index (χ0v) is 25.5. The fourth-order valence-electron chi connectivity index (χ4n) is 5.20. The monoisotopic (exact) mass is 605 g/mol. The number of carboxylic acids is 2. The molecular formula is C30H47N5O8. The van der Waals surface area contributed by atoms with Crippen LogP contribution in [0.25, 0.3) is 0 Å². The molecule has 2 atom stereocenters. The first-order valence-corrected chi connectivity index (χ1v) is 14.4. The fourth-order valence-corrected chi connectivity index (χ4v) is 5.20. The van der Waals surface area contributed by atoms with Gasteiger partial charge in [0.1, 0.15) is 12.1 Å². The highest BCUT2D eigenvalue weighted by Crippen LogP contribution is 2.38. The van der Waals surface area contributed by atoms with Gasteiger partial charge in [0.05, 0.1) is 6.42 Å². The van der Waals surface area contributed by atoms with Crippen LogP contribution in [0.3, 0.4) is 0 Å². The van der Waals surface area contributed by atoms with Gasteiger partial charge in [0, 0.05) is 30.6 Å². The number of nitrogens with one attached hydrogen (secondary N) is 3. The molecule has 13 nitrogen and oxygen atoms in total. The molecule has 0 aliphatic carbocycles. The van der Waals surface area contributed by atoms with Gasteiger partial charge in [-0.1, -0.05) is 27.7 Å². The molecule has 0 radical (unpaired) electrons. The first-order chi connectivity index (χ1) is 19.9. The second kappa shape index (κ2) is 17.1. The van der Waals surface area contributed by atoms with Gasteiger partial charge in [0.25, 0.3) is 5.91 Å².